The van der Waals surface area contributed by atoms with Crippen LogP contribution in [-0.2, 0) is 23.4 Å². The van der Waals surface area contributed by atoms with Crippen LogP contribution in [0.2, 0.25) is 0 Å². The van der Waals surface area contributed by atoms with Crippen molar-refractivity contribution in [3.05, 3.63) is 52.8 Å². The van der Waals surface area contributed by atoms with Crippen molar-refractivity contribution in [3.63, 3.8) is 0 Å². The molecule has 2 aliphatic rings. The van der Waals surface area contributed by atoms with E-state index in [0.29, 0.717) is 43.7 Å². The molecule has 3 heterocycles. The number of alkyl halides is 6. The number of Topliss-reactive ketones (excluding diaryl/α,β-unsaturated/α-hetero) is 1. The average molecular weight is 547 g/mol. The lowest BCUT2D eigenvalue weighted by atomic mass is 9.81. The number of hydrogen-bond acceptors (Lipinski definition) is 5. The summed E-state index contributed by atoms with van der Waals surface area (Å²) in [4.78, 5) is 28.9. The number of carbonyl (C=O) groups excluding carboxylic acids is 2. The smallest absolute Gasteiger partial charge is 0.456 e. The highest BCUT2D eigenvalue weighted by Crippen LogP contribution is 2.42. The van der Waals surface area contributed by atoms with Crippen LogP contribution in [0, 0.1) is 0 Å². The van der Waals surface area contributed by atoms with Crippen LogP contribution in [0.15, 0.2) is 30.3 Å². The minimum atomic E-state index is -4.97. The van der Waals surface area contributed by atoms with Gasteiger partial charge in [0.25, 0.3) is 11.7 Å². The third-order valence-electron chi connectivity index (χ3n) is 7.27. The van der Waals surface area contributed by atoms with E-state index in [-0.39, 0.29) is 36.1 Å². The van der Waals surface area contributed by atoms with Crippen molar-refractivity contribution < 1.29 is 45.4 Å². The minimum absolute atomic E-state index is 0.221. The van der Waals surface area contributed by atoms with Crippen molar-refractivity contribution in [2.45, 2.75) is 43.9 Å². The summed E-state index contributed by atoms with van der Waals surface area (Å²) in [6, 6.07) is 7.21. The molecular formula is C25H27F6N3O4. The maximum atomic E-state index is 13.2. The van der Waals surface area contributed by atoms with E-state index in [1.54, 1.807) is 11.0 Å². The molecule has 1 saturated heterocycles. The summed E-state index contributed by atoms with van der Waals surface area (Å²) >= 11 is 0. The Balaban J connectivity index is 1.48. The number of benzene rings is 1. The predicted molar refractivity (Wildman–Crippen MR) is 123 cm³/mol. The lowest BCUT2D eigenvalue weighted by Gasteiger charge is -2.50. The first-order valence-corrected chi connectivity index (χ1v) is 11.9. The van der Waals surface area contributed by atoms with E-state index in [4.69, 9.17) is 9.47 Å². The fraction of sp³-hybridized carbons (Fsp3) is 0.520. The number of nitrogens with zero attached hydrogens (tertiary/aromatic N) is 3. The number of piperidine rings is 1. The van der Waals surface area contributed by atoms with Crippen molar-refractivity contribution in [2.24, 2.45) is 0 Å². The van der Waals surface area contributed by atoms with Gasteiger partial charge in [-0.2, -0.15) is 26.3 Å². The maximum absolute atomic E-state index is 13.2. The van der Waals surface area contributed by atoms with Gasteiger partial charge in [-0.05, 0) is 44.2 Å². The largest absolute Gasteiger partial charge is 0.496 e. The molecule has 2 aromatic rings. The van der Waals surface area contributed by atoms with Crippen molar-refractivity contribution in [2.75, 3.05) is 40.4 Å². The first-order valence-electron chi connectivity index (χ1n) is 11.9. The molecule has 0 unspecified atom stereocenters. The number of ketones is 1. The second-order valence-corrected chi connectivity index (χ2v) is 9.46. The number of methoxy groups -OCH3 is 1. The monoisotopic (exact) mass is 547 g/mol. The molecule has 1 aromatic heterocycles. The van der Waals surface area contributed by atoms with Crippen LogP contribution in [-0.4, -0.2) is 78.8 Å². The lowest BCUT2D eigenvalue weighted by molar-refractivity contribution is -0.176. The molecule has 0 radical (unpaired) electrons. The van der Waals surface area contributed by atoms with Crippen LogP contribution in [0.1, 0.15) is 44.9 Å². The van der Waals surface area contributed by atoms with Crippen LogP contribution >= 0.6 is 0 Å². The fourth-order valence-corrected chi connectivity index (χ4v) is 5.29. The molecule has 0 saturated carbocycles. The molecule has 0 atom stereocenters. The zero-order chi connectivity index (χ0) is 27.9. The minimum Gasteiger partial charge on any atom is -0.496 e. The molecule has 1 amide bonds. The normalized spacial score (nSPS) is 17.9. The Morgan fingerprint density at radius 2 is 1.66 bits per heavy atom. The van der Waals surface area contributed by atoms with E-state index >= 15 is 0 Å². The van der Waals surface area contributed by atoms with Crippen LogP contribution in [0.3, 0.4) is 0 Å². The topological polar surface area (TPSA) is 64.0 Å². The Morgan fingerprint density at radius 3 is 2.26 bits per heavy atom. The van der Waals surface area contributed by atoms with E-state index in [1.807, 2.05) is 7.05 Å². The Hall–Kier alpha value is -3.06. The lowest BCUT2D eigenvalue weighted by Crippen LogP contribution is -2.56. The summed E-state index contributed by atoms with van der Waals surface area (Å²) < 4.78 is 87.8. The first kappa shape index (κ1) is 28.0. The standard InChI is InChI=1S/C25H27F6N3O4/c1-32-11-12-34-18(21(35)25(29,30)31)5-6-20(34)23(32)7-9-33(10-8-23)22(36)16-3-4-17(19(13-16)37-2)14-38-15-24(26,27)28/h3-6,13H,7-12,14-15H2,1-2H3. The van der Waals surface area contributed by atoms with E-state index in [2.05, 4.69) is 4.90 Å². The van der Waals surface area contributed by atoms with Gasteiger partial charge >= 0.3 is 12.4 Å². The molecular weight excluding hydrogens is 520 g/mol. The van der Waals surface area contributed by atoms with Gasteiger partial charge in [0.05, 0.1) is 24.9 Å². The zero-order valence-corrected chi connectivity index (χ0v) is 20.8. The van der Waals surface area contributed by atoms with Gasteiger partial charge in [0.1, 0.15) is 12.4 Å². The fourth-order valence-electron chi connectivity index (χ4n) is 5.29. The molecule has 7 nitrogen and oxygen atoms in total. The SMILES string of the molecule is COc1cc(C(=O)N2CCC3(CC2)c2ccc(C(=O)C(F)(F)F)n2CCN3C)ccc1COCC(F)(F)F. The van der Waals surface area contributed by atoms with Gasteiger partial charge < -0.3 is 18.9 Å². The van der Waals surface area contributed by atoms with Crippen molar-refractivity contribution in [1.82, 2.24) is 14.4 Å². The summed E-state index contributed by atoms with van der Waals surface area (Å²) in [5, 5.41) is 0. The number of fused-ring (bicyclic) bond motifs is 2. The Morgan fingerprint density at radius 1 is 0.974 bits per heavy atom. The Kier molecular flexibility index (Phi) is 7.54. The summed E-state index contributed by atoms with van der Waals surface area (Å²) in [5.41, 5.74) is 0.257. The van der Waals surface area contributed by atoms with Crippen LogP contribution in [0.4, 0.5) is 26.3 Å². The molecule has 1 aromatic carbocycles. The second kappa shape index (κ2) is 10.3. The van der Waals surface area contributed by atoms with Crippen LogP contribution in [0.25, 0.3) is 0 Å². The van der Waals surface area contributed by atoms with Crippen molar-refractivity contribution >= 4 is 11.7 Å². The third-order valence-corrected chi connectivity index (χ3v) is 7.27. The molecule has 0 N–H and O–H groups in total. The predicted octanol–water partition coefficient (Wildman–Crippen LogP) is 4.40. The molecule has 38 heavy (non-hydrogen) atoms. The van der Waals surface area contributed by atoms with Crippen molar-refractivity contribution in [1.29, 1.82) is 0 Å². The molecule has 0 aliphatic carbocycles. The van der Waals surface area contributed by atoms with Gasteiger partial charge in [-0.15, -0.1) is 0 Å². The van der Waals surface area contributed by atoms with Gasteiger partial charge in [0, 0.05) is 43.0 Å². The van der Waals surface area contributed by atoms with Gasteiger partial charge in [0.15, 0.2) is 0 Å². The van der Waals surface area contributed by atoms with E-state index in [1.165, 1.54) is 35.9 Å². The number of hydrogen-bond donors (Lipinski definition) is 0. The van der Waals surface area contributed by atoms with E-state index in [0.717, 1.165) is 0 Å². The Labute approximate surface area is 214 Å². The average Bonchev–Trinajstić information content (AvgIpc) is 3.29. The number of amides is 1. The highest BCUT2D eigenvalue weighted by molar-refractivity contribution is 5.99. The number of aromatic nitrogens is 1. The van der Waals surface area contributed by atoms with Crippen LogP contribution < -0.4 is 4.74 Å². The number of rotatable bonds is 6. The Bertz CT molecular complexity index is 1200. The van der Waals surface area contributed by atoms with E-state index < -0.39 is 30.3 Å². The molecule has 0 bridgehead atoms. The third kappa shape index (κ3) is 5.39. The number of likely N-dealkylation sites (tertiary alicyclic amines) is 1. The summed E-state index contributed by atoms with van der Waals surface area (Å²) in [6.07, 6.45) is -8.54. The summed E-state index contributed by atoms with van der Waals surface area (Å²) in [5.74, 6) is -1.96. The quantitative estimate of drug-likeness (QED) is 0.397. The van der Waals surface area contributed by atoms with Gasteiger partial charge in [-0.1, -0.05) is 6.07 Å². The van der Waals surface area contributed by atoms with Gasteiger partial charge in [-0.25, -0.2) is 0 Å². The molecule has 13 heteroatoms. The number of carbonyl (C=O) groups is 2. The summed E-state index contributed by atoms with van der Waals surface area (Å²) in [7, 11) is 3.22. The molecule has 208 valence electrons. The molecule has 1 spiro atoms. The molecule has 4 rings (SSSR count). The maximum Gasteiger partial charge on any atom is 0.456 e. The highest BCUT2D eigenvalue weighted by atomic mass is 19.4. The summed E-state index contributed by atoms with van der Waals surface area (Å²) in [6.45, 7) is -0.419. The molecule has 1 fully saturated rings. The number of likely N-dealkylation sites (N-methyl/N-ethyl adjacent to an activating group) is 1. The van der Waals surface area contributed by atoms with Gasteiger partial charge in [0.2, 0.25) is 0 Å². The van der Waals surface area contributed by atoms with Crippen LogP contribution in [0.5, 0.6) is 5.75 Å². The van der Waals surface area contributed by atoms with Gasteiger partial charge in [-0.3, -0.25) is 14.5 Å². The molecule has 2 aliphatic heterocycles. The number of ether oxygens (including phenoxy) is 2. The van der Waals surface area contributed by atoms with E-state index in [9.17, 15) is 35.9 Å². The zero-order valence-electron chi connectivity index (χ0n) is 20.8. The van der Waals surface area contributed by atoms with Crippen molar-refractivity contribution in [3.8, 4) is 5.75 Å². The highest BCUT2D eigenvalue weighted by Gasteiger charge is 2.48. The second-order valence-electron chi connectivity index (χ2n) is 9.46. The number of halogens is 6. The first-order chi connectivity index (χ1) is 17.8.